The Morgan fingerprint density at radius 2 is 2.35 bits per heavy atom. The van der Waals surface area contributed by atoms with Gasteiger partial charge in [-0.15, -0.1) is 11.3 Å². The standard InChI is InChI=1S/C20H28N2O3S/c23-19(21-13-17-3-1-12-26-17)14-22-8-2-7-20(15-25-11-6-18(20)22)16-4-9-24-10-5-16/h1,3-4,12,18H,2,5-11,13-15H2,(H,21,23)/t18-,20-/m0/s1. The van der Waals surface area contributed by atoms with Crippen LogP contribution in [0.15, 0.2) is 29.2 Å². The zero-order valence-corrected chi connectivity index (χ0v) is 16.1. The number of nitrogens with one attached hydrogen (secondary N) is 1. The third-order valence-electron chi connectivity index (χ3n) is 6.03. The van der Waals surface area contributed by atoms with E-state index >= 15 is 0 Å². The van der Waals surface area contributed by atoms with Gasteiger partial charge in [0, 0.05) is 22.9 Å². The van der Waals surface area contributed by atoms with Crippen molar-refractivity contribution < 1.29 is 14.3 Å². The molecule has 3 aliphatic rings. The molecule has 5 nitrogen and oxygen atoms in total. The van der Waals surface area contributed by atoms with E-state index in [0.717, 1.165) is 52.0 Å². The Hall–Kier alpha value is -1.21. The van der Waals surface area contributed by atoms with Crippen LogP contribution >= 0.6 is 11.3 Å². The molecule has 0 aliphatic carbocycles. The molecular weight excluding hydrogens is 348 g/mol. The molecule has 142 valence electrons. The van der Waals surface area contributed by atoms with Crippen LogP contribution in [0, 0.1) is 5.41 Å². The fraction of sp³-hybridized carbons (Fsp3) is 0.650. The number of likely N-dealkylation sites (tertiary alicyclic amines) is 1. The van der Waals surface area contributed by atoms with Crippen molar-refractivity contribution in [2.24, 2.45) is 5.41 Å². The number of rotatable bonds is 5. The van der Waals surface area contributed by atoms with Gasteiger partial charge in [0.15, 0.2) is 0 Å². The number of hydrogen-bond acceptors (Lipinski definition) is 5. The second-order valence-electron chi connectivity index (χ2n) is 7.50. The van der Waals surface area contributed by atoms with Crippen LogP contribution in [-0.4, -0.2) is 56.4 Å². The zero-order chi connectivity index (χ0) is 17.8. The van der Waals surface area contributed by atoms with Crippen molar-refractivity contribution in [3.05, 3.63) is 34.0 Å². The smallest absolute Gasteiger partial charge is 0.234 e. The highest BCUT2D eigenvalue weighted by Gasteiger charge is 2.49. The average Bonchev–Trinajstić information content (AvgIpc) is 3.21. The third kappa shape index (κ3) is 3.74. The highest BCUT2D eigenvalue weighted by atomic mass is 32.1. The Bertz CT molecular complexity index is 641. The first-order valence-corrected chi connectivity index (χ1v) is 10.5. The molecule has 2 saturated heterocycles. The molecule has 1 N–H and O–H groups in total. The fourth-order valence-corrected chi connectivity index (χ4v) is 5.47. The van der Waals surface area contributed by atoms with Crippen molar-refractivity contribution in [1.82, 2.24) is 10.2 Å². The molecule has 0 bridgehead atoms. The SMILES string of the molecule is O=C(CN1CCC[C@@]2(C3=CCOCC3)COCC[C@H]12)NCc1cccs1. The van der Waals surface area contributed by atoms with Gasteiger partial charge in [-0.25, -0.2) is 0 Å². The number of ether oxygens (including phenoxy) is 2. The lowest BCUT2D eigenvalue weighted by molar-refractivity contribution is -0.128. The lowest BCUT2D eigenvalue weighted by Crippen LogP contribution is -2.59. The molecular formula is C20H28N2O3S. The van der Waals surface area contributed by atoms with E-state index in [0.29, 0.717) is 25.7 Å². The molecule has 1 aromatic heterocycles. The van der Waals surface area contributed by atoms with E-state index in [1.165, 1.54) is 10.5 Å². The molecule has 0 saturated carbocycles. The van der Waals surface area contributed by atoms with Gasteiger partial charge in [-0.2, -0.15) is 0 Å². The van der Waals surface area contributed by atoms with Gasteiger partial charge in [0.25, 0.3) is 0 Å². The normalized spacial score (nSPS) is 29.7. The number of hydrogen-bond donors (Lipinski definition) is 1. The topological polar surface area (TPSA) is 50.8 Å². The second-order valence-corrected chi connectivity index (χ2v) is 8.53. The lowest BCUT2D eigenvalue weighted by Gasteiger charge is -2.54. The Balaban J connectivity index is 1.44. The van der Waals surface area contributed by atoms with Crippen LogP contribution in [0.2, 0.25) is 0 Å². The summed E-state index contributed by atoms with van der Waals surface area (Å²) >= 11 is 1.68. The van der Waals surface area contributed by atoms with Crippen molar-refractivity contribution in [2.75, 3.05) is 39.5 Å². The maximum Gasteiger partial charge on any atom is 0.234 e. The molecule has 6 heteroatoms. The molecule has 3 aliphatic heterocycles. The zero-order valence-electron chi connectivity index (χ0n) is 15.2. The lowest BCUT2D eigenvalue weighted by atomic mass is 9.65. The van der Waals surface area contributed by atoms with Gasteiger partial charge < -0.3 is 14.8 Å². The maximum absolute atomic E-state index is 12.5. The van der Waals surface area contributed by atoms with Gasteiger partial charge in [0.2, 0.25) is 5.91 Å². The quantitative estimate of drug-likeness (QED) is 0.803. The molecule has 4 rings (SSSR count). The minimum absolute atomic E-state index is 0.0777. The summed E-state index contributed by atoms with van der Waals surface area (Å²) in [6.07, 6.45) is 6.56. The number of carbonyl (C=O) groups is 1. The summed E-state index contributed by atoms with van der Waals surface area (Å²) in [6, 6.07) is 4.49. The van der Waals surface area contributed by atoms with Crippen molar-refractivity contribution in [3.63, 3.8) is 0 Å². The number of fused-ring (bicyclic) bond motifs is 1. The predicted molar refractivity (Wildman–Crippen MR) is 102 cm³/mol. The van der Waals surface area contributed by atoms with Crippen LogP contribution in [0.4, 0.5) is 0 Å². The third-order valence-corrected chi connectivity index (χ3v) is 6.91. The van der Waals surface area contributed by atoms with Gasteiger partial charge in [-0.05, 0) is 43.7 Å². The molecule has 26 heavy (non-hydrogen) atoms. The molecule has 1 amide bonds. The van der Waals surface area contributed by atoms with Crippen LogP contribution in [0.3, 0.4) is 0 Å². The highest BCUT2D eigenvalue weighted by molar-refractivity contribution is 7.09. The number of thiophene rings is 1. The first kappa shape index (κ1) is 18.2. The second kappa shape index (κ2) is 8.21. The minimum atomic E-state index is 0.0777. The molecule has 0 spiro atoms. The van der Waals surface area contributed by atoms with E-state index in [9.17, 15) is 4.79 Å². The van der Waals surface area contributed by atoms with E-state index in [1.807, 2.05) is 11.4 Å². The molecule has 0 unspecified atom stereocenters. The Labute approximate surface area is 159 Å². The Morgan fingerprint density at radius 1 is 1.38 bits per heavy atom. The Kier molecular flexibility index (Phi) is 5.74. The van der Waals surface area contributed by atoms with Crippen LogP contribution < -0.4 is 5.32 Å². The van der Waals surface area contributed by atoms with Gasteiger partial charge >= 0.3 is 0 Å². The van der Waals surface area contributed by atoms with Gasteiger partial charge in [0.05, 0.1) is 32.9 Å². The van der Waals surface area contributed by atoms with E-state index in [4.69, 9.17) is 9.47 Å². The number of amides is 1. The largest absolute Gasteiger partial charge is 0.380 e. The van der Waals surface area contributed by atoms with Gasteiger partial charge in [-0.3, -0.25) is 9.69 Å². The summed E-state index contributed by atoms with van der Waals surface area (Å²) in [7, 11) is 0. The van der Waals surface area contributed by atoms with E-state index in [1.54, 1.807) is 11.3 Å². The van der Waals surface area contributed by atoms with Crippen LogP contribution in [-0.2, 0) is 20.8 Å². The molecule has 2 atom stereocenters. The van der Waals surface area contributed by atoms with Crippen molar-refractivity contribution in [1.29, 1.82) is 0 Å². The average molecular weight is 377 g/mol. The number of piperidine rings is 1. The number of nitrogens with zero attached hydrogens (tertiary/aromatic N) is 1. The molecule has 0 radical (unpaired) electrons. The summed E-state index contributed by atoms with van der Waals surface area (Å²) in [6.45, 7) is 5.23. The number of carbonyl (C=O) groups excluding carboxylic acids is 1. The van der Waals surface area contributed by atoms with Crippen LogP contribution in [0.25, 0.3) is 0 Å². The highest BCUT2D eigenvalue weighted by Crippen LogP contribution is 2.47. The first-order valence-electron chi connectivity index (χ1n) is 9.66. The summed E-state index contributed by atoms with van der Waals surface area (Å²) < 4.78 is 11.5. The first-order chi connectivity index (χ1) is 12.8. The monoisotopic (exact) mass is 376 g/mol. The van der Waals surface area contributed by atoms with Crippen LogP contribution in [0.5, 0.6) is 0 Å². The van der Waals surface area contributed by atoms with Crippen LogP contribution in [0.1, 0.15) is 30.6 Å². The van der Waals surface area contributed by atoms with Crippen molar-refractivity contribution >= 4 is 17.2 Å². The molecule has 2 fully saturated rings. The van der Waals surface area contributed by atoms with E-state index < -0.39 is 0 Å². The van der Waals surface area contributed by atoms with Gasteiger partial charge in [-0.1, -0.05) is 17.7 Å². The summed E-state index contributed by atoms with van der Waals surface area (Å²) in [4.78, 5) is 16.2. The van der Waals surface area contributed by atoms with Gasteiger partial charge in [0.1, 0.15) is 0 Å². The minimum Gasteiger partial charge on any atom is -0.380 e. The predicted octanol–water partition coefficient (Wildman–Crippen LogP) is 2.58. The van der Waals surface area contributed by atoms with Crippen molar-refractivity contribution in [2.45, 2.75) is 38.3 Å². The summed E-state index contributed by atoms with van der Waals surface area (Å²) in [5.41, 5.74) is 1.58. The van der Waals surface area contributed by atoms with E-state index in [2.05, 4.69) is 22.4 Å². The molecule has 1 aromatic rings. The summed E-state index contributed by atoms with van der Waals surface area (Å²) in [5, 5.41) is 5.13. The maximum atomic E-state index is 12.5. The molecule has 0 aromatic carbocycles. The molecule has 4 heterocycles. The van der Waals surface area contributed by atoms with E-state index in [-0.39, 0.29) is 11.3 Å². The Morgan fingerprint density at radius 3 is 3.15 bits per heavy atom. The summed E-state index contributed by atoms with van der Waals surface area (Å²) in [5.74, 6) is 0.127. The fourth-order valence-electron chi connectivity index (χ4n) is 4.82. The van der Waals surface area contributed by atoms with Crippen molar-refractivity contribution in [3.8, 4) is 0 Å².